The van der Waals surface area contributed by atoms with Gasteiger partial charge in [-0.3, -0.25) is 10.1 Å². The van der Waals surface area contributed by atoms with E-state index < -0.39 is 11.8 Å². The monoisotopic (exact) mass is 289 g/mol. The first-order valence-electron chi connectivity index (χ1n) is 6.06. The second kappa shape index (κ2) is 5.36. The van der Waals surface area contributed by atoms with Crippen LogP contribution in [0.1, 0.15) is 31.4 Å². The van der Waals surface area contributed by atoms with Crippen molar-refractivity contribution in [3.05, 3.63) is 16.9 Å². The summed E-state index contributed by atoms with van der Waals surface area (Å²) in [6.45, 7) is 1.73. The predicted molar refractivity (Wildman–Crippen MR) is 67.3 cm³/mol. The molecule has 0 spiro atoms. The van der Waals surface area contributed by atoms with Crippen LogP contribution >= 0.6 is 11.6 Å². The number of aryl methyl sites for hydroxylation is 1. The Bertz CT molecular complexity index is 466. The molecule has 1 heterocycles. The number of hydrogen-bond donors (Lipinski definition) is 1. The molecule has 0 unspecified atom stereocenters. The van der Waals surface area contributed by atoms with E-state index >= 15 is 0 Å². The van der Waals surface area contributed by atoms with Gasteiger partial charge in [0.1, 0.15) is 5.15 Å². The van der Waals surface area contributed by atoms with Crippen LogP contribution in [0.3, 0.4) is 0 Å². The van der Waals surface area contributed by atoms with Crippen LogP contribution in [-0.2, 0) is 4.79 Å². The van der Waals surface area contributed by atoms with E-state index in [1.165, 1.54) is 0 Å². The number of amides is 1. The van der Waals surface area contributed by atoms with Crippen molar-refractivity contribution < 1.29 is 13.6 Å². The average Bonchev–Trinajstić information content (AvgIpc) is 2.26. The highest BCUT2D eigenvalue weighted by Crippen LogP contribution is 2.36. The van der Waals surface area contributed by atoms with Crippen molar-refractivity contribution >= 4 is 23.5 Å². The lowest BCUT2D eigenvalue weighted by Crippen LogP contribution is -2.32. The summed E-state index contributed by atoms with van der Waals surface area (Å²) < 4.78 is 26.0. The third-order valence-corrected chi connectivity index (χ3v) is 3.34. The van der Waals surface area contributed by atoms with Gasteiger partial charge in [-0.15, -0.1) is 0 Å². The fraction of sp³-hybridized carbons (Fsp3) is 0.583. The van der Waals surface area contributed by atoms with Crippen molar-refractivity contribution in [3.63, 3.8) is 0 Å². The maximum atomic E-state index is 13.0. The van der Waals surface area contributed by atoms with Gasteiger partial charge >= 0.3 is 0 Å². The lowest BCUT2D eigenvalue weighted by atomic mass is 9.86. The van der Waals surface area contributed by atoms with Crippen LogP contribution in [0.15, 0.2) is 6.07 Å². The van der Waals surface area contributed by atoms with Crippen molar-refractivity contribution in [2.24, 2.45) is 5.92 Å². The van der Waals surface area contributed by atoms with E-state index in [0.29, 0.717) is 5.69 Å². The van der Waals surface area contributed by atoms with Crippen molar-refractivity contribution in [1.82, 2.24) is 9.97 Å². The number of hydrogen-bond acceptors (Lipinski definition) is 3. The van der Waals surface area contributed by atoms with Crippen LogP contribution in [0.25, 0.3) is 0 Å². The minimum absolute atomic E-state index is 0.118. The number of nitrogens with zero attached hydrogens (tertiary/aromatic N) is 2. The number of nitrogens with one attached hydrogen (secondary N) is 1. The van der Waals surface area contributed by atoms with Gasteiger partial charge in [-0.25, -0.2) is 18.7 Å². The molecule has 19 heavy (non-hydrogen) atoms. The van der Waals surface area contributed by atoms with Gasteiger partial charge in [0, 0.05) is 24.5 Å². The van der Waals surface area contributed by atoms with Crippen LogP contribution in [0.5, 0.6) is 0 Å². The molecule has 104 valence electrons. The van der Waals surface area contributed by atoms with Crippen LogP contribution in [0, 0.1) is 12.8 Å². The largest absolute Gasteiger partial charge is 0.294 e. The second-order valence-corrected chi connectivity index (χ2v) is 5.16. The first-order valence-corrected chi connectivity index (χ1v) is 6.43. The van der Waals surface area contributed by atoms with Gasteiger partial charge in [0.05, 0.1) is 0 Å². The highest BCUT2D eigenvalue weighted by Gasteiger charge is 2.37. The molecule has 2 rings (SSSR count). The Morgan fingerprint density at radius 3 is 2.63 bits per heavy atom. The van der Waals surface area contributed by atoms with Gasteiger partial charge in [0.2, 0.25) is 17.8 Å². The fourth-order valence-corrected chi connectivity index (χ4v) is 2.34. The van der Waals surface area contributed by atoms with Crippen molar-refractivity contribution in [2.75, 3.05) is 5.32 Å². The number of aromatic nitrogens is 2. The van der Waals surface area contributed by atoms with Gasteiger partial charge in [-0.1, -0.05) is 11.6 Å². The van der Waals surface area contributed by atoms with Gasteiger partial charge in [0.25, 0.3) is 0 Å². The van der Waals surface area contributed by atoms with Gasteiger partial charge < -0.3 is 0 Å². The summed E-state index contributed by atoms with van der Waals surface area (Å²) in [6.07, 6.45) is -0.141. The Labute approximate surface area is 114 Å². The normalized spacial score (nSPS) is 19.2. The molecule has 1 amide bonds. The standard InChI is InChI=1S/C12H14ClF2N3O/c1-7-6-9(13)17-11(16-7)18-10(19)8-2-4-12(14,15)5-3-8/h6,8H,2-5H2,1H3,(H,16,17,18,19). The molecule has 7 heteroatoms. The molecule has 0 atom stereocenters. The van der Waals surface area contributed by atoms with Crippen LogP contribution in [-0.4, -0.2) is 21.8 Å². The molecule has 1 N–H and O–H groups in total. The summed E-state index contributed by atoms with van der Waals surface area (Å²) in [4.78, 5) is 19.8. The Balaban J connectivity index is 1.98. The zero-order chi connectivity index (χ0) is 14.0. The Kier molecular flexibility index (Phi) is 3.99. The lowest BCUT2D eigenvalue weighted by molar-refractivity contribution is -0.124. The third kappa shape index (κ3) is 3.83. The van der Waals surface area contributed by atoms with Crippen molar-refractivity contribution in [1.29, 1.82) is 0 Å². The summed E-state index contributed by atoms with van der Waals surface area (Å²) in [5.41, 5.74) is 0.630. The smallest absolute Gasteiger partial charge is 0.248 e. The average molecular weight is 290 g/mol. The highest BCUT2D eigenvalue weighted by atomic mass is 35.5. The zero-order valence-electron chi connectivity index (χ0n) is 10.4. The number of rotatable bonds is 2. The Hall–Kier alpha value is -1.30. The number of alkyl halides is 2. The van der Waals surface area contributed by atoms with E-state index in [2.05, 4.69) is 15.3 Å². The SMILES string of the molecule is Cc1cc(Cl)nc(NC(=O)C2CCC(F)(F)CC2)n1. The first-order chi connectivity index (χ1) is 8.85. The third-order valence-electron chi connectivity index (χ3n) is 3.15. The summed E-state index contributed by atoms with van der Waals surface area (Å²) >= 11 is 5.76. The second-order valence-electron chi connectivity index (χ2n) is 4.78. The van der Waals surface area contributed by atoms with Crippen molar-refractivity contribution in [3.8, 4) is 0 Å². The van der Waals surface area contributed by atoms with Crippen LogP contribution in [0.4, 0.5) is 14.7 Å². The van der Waals surface area contributed by atoms with Crippen LogP contribution < -0.4 is 5.32 Å². The summed E-state index contributed by atoms with van der Waals surface area (Å²) in [5, 5.41) is 2.76. The fourth-order valence-electron chi connectivity index (χ4n) is 2.10. The molecule has 0 saturated heterocycles. The maximum absolute atomic E-state index is 13.0. The van der Waals surface area contributed by atoms with E-state index in [9.17, 15) is 13.6 Å². The molecule has 0 aliphatic heterocycles. The van der Waals surface area contributed by atoms with E-state index in [-0.39, 0.29) is 42.7 Å². The number of carbonyl (C=O) groups excluding carboxylic acids is 1. The van der Waals surface area contributed by atoms with Gasteiger partial charge in [0.15, 0.2) is 0 Å². The first kappa shape index (κ1) is 14.1. The molecule has 1 aromatic rings. The molecule has 0 radical (unpaired) electrons. The molecule has 1 aliphatic carbocycles. The Morgan fingerprint density at radius 2 is 2.05 bits per heavy atom. The topological polar surface area (TPSA) is 54.9 Å². The van der Waals surface area contributed by atoms with E-state index in [0.717, 1.165) is 0 Å². The molecule has 0 aromatic carbocycles. The van der Waals surface area contributed by atoms with Gasteiger partial charge in [-0.2, -0.15) is 0 Å². The molecule has 1 saturated carbocycles. The maximum Gasteiger partial charge on any atom is 0.248 e. The molecular weight excluding hydrogens is 276 g/mol. The molecule has 1 aromatic heterocycles. The summed E-state index contributed by atoms with van der Waals surface area (Å²) in [5.74, 6) is -3.26. The highest BCUT2D eigenvalue weighted by molar-refractivity contribution is 6.29. The van der Waals surface area contributed by atoms with Crippen LogP contribution in [0.2, 0.25) is 5.15 Å². The summed E-state index contributed by atoms with van der Waals surface area (Å²) in [6, 6.07) is 1.57. The molecule has 4 nitrogen and oxygen atoms in total. The number of anilines is 1. The lowest BCUT2D eigenvalue weighted by Gasteiger charge is -2.27. The molecule has 0 bridgehead atoms. The van der Waals surface area contributed by atoms with Gasteiger partial charge in [-0.05, 0) is 25.8 Å². The zero-order valence-corrected chi connectivity index (χ0v) is 11.2. The van der Waals surface area contributed by atoms with E-state index in [1.54, 1.807) is 13.0 Å². The minimum atomic E-state index is -2.64. The van der Waals surface area contributed by atoms with E-state index in [1.807, 2.05) is 0 Å². The van der Waals surface area contributed by atoms with E-state index in [4.69, 9.17) is 11.6 Å². The number of halogens is 3. The van der Waals surface area contributed by atoms with Crippen molar-refractivity contribution in [2.45, 2.75) is 38.5 Å². The minimum Gasteiger partial charge on any atom is -0.294 e. The molecule has 1 fully saturated rings. The molecular formula is C12H14ClF2N3O. The molecule has 1 aliphatic rings. The quantitative estimate of drug-likeness (QED) is 0.851. The predicted octanol–water partition coefficient (Wildman–Crippen LogP) is 3.20. The summed E-state index contributed by atoms with van der Waals surface area (Å²) in [7, 11) is 0. The Morgan fingerprint density at radius 1 is 1.42 bits per heavy atom. The number of carbonyl (C=O) groups is 1.